The van der Waals surface area contributed by atoms with Gasteiger partial charge in [-0.2, -0.15) is 18.3 Å². The van der Waals surface area contributed by atoms with Crippen LogP contribution in [0.2, 0.25) is 5.02 Å². The largest absolute Gasteiger partial charge is 0.492 e. The molecule has 0 spiro atoms. The van der Waals surface area contributed by atoms with E-state index >= 15 is 0 Å². The molecule has 8 heteroatoms. The molecule has 2 aromatic carbocycles. The minimum Gasteiger partial charge on any atom is -0.492 e. The number of ether oxygens (including phenoxy) is 1. The van der Waals surface area contributed by atoms with Crippen molar-refractivity contribution in [2.75, 3.05) is 12.0 Å². The molecule has 0 saturated heterocycles. The fraction of sp³-hybridized carbons (Fsp3) is 0.188. The number of alkyl halides is 3. The molecule has 0 saturated carbocycles. The molecule has 0 aromatic heterocycles. The fourth-order valence-corrected chi connectivity index (χ4v) is 2.44. The highest BCUT2D eigenvalue weighted by atomic mass is 35.5. The summed E-state index contributed by atoms with van der Waals surface area (Å²) >= 11 is 5.91. The number of hydrazone groups is 1. The Morgan fingerprint density at radius 3 is 2.67 bits per heavy atom. The van der Waals surface area contributed by atoms with Crippen molar-refractivity contribution in [3.63, 3.8) is 0 Å². The minimum atomic E-state index is -4.48. The highest BCUT2D eigenvalue weighted by molar-refractivity contribution is 6.33. The van der Waals surface area contributed by atoms with Crippen molar-refractivity contribution in [3.05, 3.63) is 58.4 Å². The van der Waals surface area contributed by atoms with Gasteiger partial charge in [0.1, 0.15) is 11.6 Å². The van der Waals surface area contributed by atoms with Crippen LogP contribution in [0.5, 0.6) is 5.75 Å². The van der Waals surface area contributed by atoms with Gasteiger partial charge < -0.3 is 4.74 Å². The number of hydrogen-bond donors (Lipinski definition) is 1. The second-order valence-electron chi connectivity index (χ2n) is 5.10. The van der Waals surface area contributed by atoms with Crippen molar-refractivity contribution in [3.8, 4) is 5.75 Å². The molecule has 1 heterocycles. The third kappa shape index (κ3) is 3.46. The van der Waals surface area contributed by atoms with Crippen LogP contribution in [0.15, 0.2) is 41.5 Å². The first-order valence-electron chi connectivity index (χ1n) is 6.96. The Hall–Kier alpha value is -2.28. The number of nitrogens with zero attached hydrogens (tertiary/aromatic N) is 1. The van der Waals surface area contributed by atoms with Crippen molar-refractivity contribution in [2.24, 2.45) is 5.10 Å². The summed E-state index contributed by atoms with van der Waals surface area (Å²) in [6.07, 6.45) is -4.09. The second-order valence-corrected chi connectivity index (χ2v) is 5.51. The number of rotatable bonds is 2. The molecule has 1 N–H and O–H groups in total. The molecule has 0 amide bonds. The monoisotopic (exact) mass is 358 g/mol. The van der Waals surface area contributed by atoms with Crippen LogP contribution in [-0.2, 0) is 6.18 Å². The van der Waals surface area contributed by atoms with Gasteiger partial charge in [0.15, 0.2) is 0 Å². The van der Waals surface area contributed by atoms with E-state index in [0.717, 1.165) is 18.2 Å². The van der Waals surface area contributed by atoms with Crippen LogP contribution >= 0.6 is 11.6 Å². The van der Waals surface area contributed by atoms with Crippen LogP contribution in [0.3, 0.4) is 0 Å². The summed E-state index contributed by atoms with van der Waals surface area (Å²) in [7, 11) is 0. The molecule has 0 unspecified atom stereocenters. The van der Waals surface area contributed by atoms with E-state index < -0.39 is 17.6 Å². The number of benzene rings is 2. The Balaban J connectivity index is 1.91. The zero-order chi connectivity index (χ0) is 17.3. The Labute approximate surface area is 139 Å². The molecule has 0 radical (unpaired) electrons. The van der Waals surface area contributed by atoms with Crippen LogP contribution in [0, 0.1) is 5.82 Å². The average Bonchev–Trinajstić information content (AvgIpc) is 2.53. The number of halogens is 5. The lowest BCUT2D eigenvalue weighted by molar-refractivity contribution is -0.137. The van der Waals surface area contributed by atoms with Crippen molar-refractivity contribution < 1.29 is 22.3 Å². The third-order valence-corrected chi connectivity index (χ3v) is 3.78. The van der Waals surface area contributed by atoms with Crippen molar-refractivity contribution in [2.45, 2.75) is 12.6 Å². The lowest BCUT2D eigenvalue weighted by atomic mass is 10.0. The van der Waals surface area contributed by atoms with E-state index in [4.69, 9.17) is 16.3 Å². The summed E-state index contributed by atoms with van der Waals surface area (Å²) in [6.45, 7) is 0.343. The first kappa shape index (κ1) is 16.6. The van der Waals surface area contributed by atoms with Crippen LogP contribution in [0.1, 0.15) is 17.5 Å². The maximum Gasteiger partial charge on any atom is 0.416 e. The fourth-order valence-electron chi connectivity index (χ4n) is 2.28. The van der Waals surface area contributed by atoms with E-state index in [1.165, 1.54) is 18.2 Å². The minimum absolute atomic E-state index is 0.0171. The molecule has 1 aliphatic rings. The molecular weight excluding hydrogens is 348 g/mol. The predicted molar refractivity (Wildman–Crippen MR) is 83.1 cm³/mol. The predicted octanol–water partition coefficient (Wildman–Crippen LogP) is 5.10. The summed E-state index contributed by atoms with van der Waals surface area (Å²) < 4.78 is 57.1. The number of nitrogens with one attached hydrogen (secondary N) is 1. The van der Waals surface area contributed by atoms with E-state index in [9.17, 15) is 17.6 Å². The first-order chi connectivity index (χ1) is 11.3. The Kier molecular flexibility index (Phi) is 4.36. The summed E-state index contributed by atoms with van der Waals surface area (Å²) in [6, 6.07) is 6.92. The zero-order valence-electron chi connectivity index (χ0n) is 12.1. The molecule has 1 aliphatic heterocycles. The maximum atomic E-state index is 13.4. The summed E-state index contributed by atoms with van der Waals surface area (Å²) in [5.41, 5.74) is 2.64. The second kappa shape index (κ2) is 6.32. The van der Waals surface area contributed by atoms with Gasteiger partial charge in [-0.25, -0.2) is 4.39 Å². The standard InChI is InChI=1S/C16H11ClF4N2O/c17-12-3-1-9(16(19,20)21)7-14(12)23-22-13-5-6-24-15-4-2-10(18)8-11(13)15/h1-4,7-8,23H,5-6H2/b22-13+. The smallest absolute Gasteiger partial charge is 0.416 e. The van der Waals surface area contributed by atoms with Gasteiger partial charge in [0, 0.05) is 12.0 Å². The Morgan fingerprint density at radius 2 is 1.92 bits per heavy atom. The number of hydrogen-bond acceptors (Lipinski definition) is 3. The topological polar surface area (TPSA) is 33.6 Å². The SMILES string of the molecule is Fc1ccc2c(c1)/C(=N/Nc1cc(C(F)(F)F)ccc1Cl)CCO2. The van der Waals surface area contributed by atoms with Gasteiger partial charge >= 0.3 is 6.18 Å². The first-order valence-corrected chi connectivity index (χ1v) is 7.34. The summed E-state index contributed by atoms with van der Waals surface area (Å²) in [5, 5.41) is 4.18. The van der Waals surface area contributed by atoms with Gasteiger partial charge in [0.05, 0.1) is 28.6 Å². The van der Waals surface area contributed by atoms with E-state index in [2.05, 4.69) is 10.5 Å². The quantitative estimate of drug-likeness (QED) is 0.599. The Bertz CT molecular complexity index is 805. The molecule has 0 atom stereocenters. The molecule has 126 valence electrons. The highest BCUT2D eigenvalue weighted by Gasteiger charge is 2.31. The Morgan fingerprint density at radius 1 is 1.12 bits per heavy atom. The van der Waals surface area contributed by atoms with Crippen LogP contribution in [0.4, 0.5) is 23.2 Å². The van der Waals surface area contributed by atoms with Crippen LogP contribution in [-0.4, -0.2) is 12.3 Å². The normalized spacial score (nSPS) is 15.8. The van der Waals surface area contributed by atoms with Gasteiger partial charge in [-0.05, 0) is 36.4 Å². The van der Waals surface area contributed by atoms with Gasteiger partial charge in [-0.15, -0.1) is 0 Å². The van der Waals surface area contributed by atoms with Crippen LogP contribution in [0.25, 0.3) is 0 Å². The van der Waals surface area contributed by atoms with E-state index in [1.807, 2.05) is 0 Å². The summed E-state index contributed by atoms with van der Waals surface area (Å²) in [4.78, 5) is 0. The van der Waals surface area contributed by atoms with Crippen LogP contribution < -0.4 is 10.2 Å². The van der Waals surface area contributed by atoms with Gasteiger partial charge in [-0.3, -0.25) is 5.43 Å². The van der Waals surface area contributed by atoms with Crippen molar-refractivity contribution in [1.82, 2.24) is 0 Å². The average molecular weight is 359 g/mol. The van der Waals surface area contributed by atoms with E-state index in [-0.39, 0.29) is 10.7 Å². The van der Waals surface area contributed by atoms with E-state index in [1.54, 1.807) is 0 Å². The number of fused-ring (bicyclic) bond motifs is 1. The molecule has 0 fully saturated rings. The summed E-state index contributed by atoms with van der Waals surface area (Å²) in [5.74, 6) is 0.0161. The third-order valence-electron chi connectivity index (χ3n) is 3.45. The van der Waals surface area contributed by atoms with Gasteiger partial charge in [-0.1, -0.05) is 11.6 Å². The number of anilines is 1. The molecule has 2 aromatic rings. The van der Waals surface area contributed by atoms with Gasteiger partial charge in [0.2, 0.25) is 0 Å². The zero-order valence-corrected chi connectivity index (χ0v) is 12.9. The van der Waals surface area contributed by atoms with Crippen molar-refractivity contribution in [1.29, 1.82) is 0 Å². The van der Waals surface area contributed by atoms with E-state index in [0.29, 0.717) is 30.1 Å². The maximum absolute atomic E-state index is 13.4. The molecule has 3 nitrogen and oxygen atoms in total. The molecule has 24 heavy (non-hydrogen) atoms. The van der Waals surface area contributed by atoms with Gasteiger partial charge in [0.25, 0.3) is 0 Å². The highest BCUT2D eigenvalue weighted by Crippen LogP contribution is 2.34. The molecule has 3 rings (SSSR count). The lowest BCUT2D eigenvalue weighted by Crippen LogP contribution is -2.17. The van der Waals surface area contributed by atoms with Crippen molar-refractivity contribution >= 4 is 23.0 Å². The molecule has 0 aliphatic carbocycles. The molecule has 0 bridgehead atoms. The lowest BCUT2D eigenvalue weighted by Gasteiger charge is -2.19. The molecular formula is C16H11ClF4N2O.